The van der Waals surface area contributed by atoms with Crippen molar-refractivity contribution in [1.29, 1.82) is 0 Å². The number of carbonyl (C=O) groups is 1. The van der Waals surface area contributed by atoms with Crippen molar-refractivity contribution in [1.82, 2.24) is 9.62 Å². The van der Waals surface area contributed by atoms with Crippen LogP contribution in [0.5, 0.6) is 0 Å². The van der Waals surface area contributed by atoms with Gasteiger partial charge in [-0.05, 0) is 33.1 Å². The first-order valence-corrected chi connectivity index (χ1v) is 8.95. The highest BCUT2D eigenvalue weighted by Crippen LogP contribution is 2.19. The fourth-order valence-electron chi connectivity index (χ4n) is 2.27. The van der Waals surface area contributed by atoms with Crippen molar-refractivity contribution in [3.63, 3.8) is 0 Å². The molecule has 0 saturated carbocycles. The minimum atomic E-state index is -3.19. The lowest BCUT2D eigenvalue weighted by atomic mass is 9.99. The molecule has 1 amide bonds. The summed E-state index contributed by atoms with van der Waals surface area (Å²) in [6.07, 6.45) is 2.28. The Hall–Kier alpha value is -0.660. The van der Waals surface area contributed by atoms with Crippen LogP contribution in [0.3, 0.4) is 0 Å². The quantitative estimate of drug-likeness (QED) is 0.666. The third-order valence-corrected chi connectivity index (χ3v) is 5.33. The second-order valence-electron chi connectivity index (χ2n) is 4.94. The second-order valence-corrected chi connectivity index (χ2v) is 7.20. The van der Waals surface area contributed by atoms with Crippen LogP contribution in [-0.4, -0.2) is 57.2 Å². The van der Waals surface area contributed by atoms with Crippen LogP contribution < -0.4 is 5.32 Å². The number of hydrogen-bond acceptors (Lipinski definition) is 4. The van der Waals surface area contributed by atoms with Gasteiger partial charge in [-0.3, -0.25) is 4.79 Å². The predicted octanol–water partition coefficient (Wildman–Crippen LogP) is 0.591. The van der Waals surface area contributed by atoms with E-state index in [1.165, 1.54) is 4.31 Å². The van der Waals surface area contributed by atoms with Gasteiger partial charge in [0.1, 0.15) is 0 Å². The molecule has 1 N–H and O–H groups in total. The van der Waals surface area contributed by atoms with Gasteiger partial charge in [0.2, 0.25) is 15.9 Å². The SMILES string of the molecule is CCOCCCNC(=O)[C@@H]1CCCN(S(=O)(=O)CC)C1. The van der Waals surface area contributed by atoms with Crippen LogP contribution in [0, 0.1) is 5.92 Å². The normalized spacial score (nSPS) is 20.8. The van der Waals surface area contributed by atoms with Gasteiger partial charge in [0, 0.05) is 32.8 Å². The Morgan fingerprint density at radius 2 is 2.15 bits per heavy atom. The zero-order valence-electron chi connectivity index (χ0n) is 12.4. The van der Waals surface area contributed by atoms with Crippen LogP contribution in [0.15, 0.2) is 0 Å². The summed E-state index contributed by atoms with van der Waals surface area (Å²) >= 11 is 0. The maximum atomic E-state index is 12.0. The number of ether oxygens (including phenoxy) is 1. The fourth-order valence-corrected chi connectivity index (χ4v) is 3.45. The molecular formula is C13H26N2O4S. The van der Waals surface area contributed by atoms with E-state index in [2.05, 4.69) is 5.32 Å². The smallest absolute Gasteiger partial charge is 0.224 e. The van der Waals surface area contributed by atoms with Crippen molar-refractivity contribution < 1.29 is 17.9 Å². The second kappa shape index (κ2) is 8.59. The van der Waals surface area contributed by atoms with Crippen LogP contribution in [-0.2, 0) is 19.6 Å². The molecule has 20 heavy (non-hydrogen) atoms. The average molecular weight is 306 g/mol. The Morgan fingerprint density at radius 3 is 2.80 bits per heavy atom. The van der Waals surface area contributed by atoms with Gasteiger partial charge >= 0.3 is 0 Å². The number of piperidine rings is 1. The number of carbonyl (C=O) groups excluding carboxylic acids is 1. The van der Waals surface area contributed by atoms with Gasteiger partial charge in [-0.2, -0.15) is 0 Å². The number of nitrogens with zero attached hydrogens (tertiary/aromatic N) is 1. The van der Waals surface area contributed by atoms with Crippen LogP contribution in [0.1, 0.15) is 33.1 Å². The molecule has 0 aliphatic carbocycles. The van der Waals surface area contributed by atoms with Crippen molar-refractivity contribution >= 4 is 15.9 Å². The number of sulfonamides is 1. The van der Waals surface area contributed by atoms with E-state index in [1.54, 1.807) is 6.92 Å². The number of rotatable bonds is 8. The van der Waals surface area contributed by atoms with Gasteiger partial charge in [0.25, 0.3) is 0 Å². The van der Waals surface area contributed by atoms with Crippen molar-refractivity contribution in [2.24, 2.45) is 5.92 Å². The monoisotopic (exact) mass is 306 g/mol. The minimum absolute atomic E-state index is 0.0440. The Balaban J connectivity index is 2.37. The van der Waals surface area contributed by atoms with E-state index < -0.39 is 10.0 Å². The molecule has 0 aromatic rings. The first-order chi connectivity index (χ1) is 9.51. The van der Waals surface area contributed by atoms with Crippen molar-refractivity contribution in [3.8, 4) is 0 Å². The first-order valence-electron chi connectivity index (χ1n) is 7.34. The highest BCUT2D eigenvalue weighted by atomic mass is 32.2. The Labute approximate surface area is 121 Å². The third-order valence-electron chi connectivity index (χ3n) is 3.48. The van der Waals surface area contributed by atoms with Crippen LogP contribution >= 0.6 is 0 Å². The number of nitrogens with one attached hydrogen (secondary N) is 1. The molecule has 1 saturated heterocycles. The highest BCUT2D eigenvalue weighted by Gasteiger charge is 2.31. The Kier molecular flexibility index (Phi) is 7.47. The molecule has 7 heteroatoms. The molecule has 1 rings (SSSR count). The summed E-state index contributed by atoms with van der Waals surface area (Å²) in [5, 5.41) is 2.86. The van der Waals surface area contributed by atoms with Gasteiger partial charge in [0.15, 0.2) is 0 Å². The lowest BCUT2D eigenvalue weighted by Gasteiger charge is -2.30. The van der Waals surface area contributed by atoms with E-state index in [1.807, 2.05) is 6.92 Å². The van der Waals surface area contributed by atoms with Crippen LogP contribution in [0.2, 0.25) is 0 Å². The van der Waals surface area contributed by atoms with Crippen LogP contribution in [0.4, 0.5) is 0 Å². The van der Waals surface area contributed by atoms with E-state index in [-0.39, 0.29) is 17.6 Å². The zero-order valence-corrected chi connectivity index (χ0v) is 13.2. The van der Waals surface area contributed by atoms with Gasteiger partial charge in [-0.25, -0.2) is 12.7 Å². The van der Waals surface area contributed by atoms with Crippen molar-refractivity contribution in [2.45, 2.75) is 33.1 Å². The molecule has 118 valence electrons. The van der Waals surface area contributed by atoms with E-state index in [0.29, 0.717) is 32.8 Å². The highest BCUT2D eigenvalue weighted by molar-refractivity contribution is 7.89. The van der Waals surface area contributed by atoms with Crippen molar-refractivity contribution in [3.05, 3.63) is 0 Å². The maximum Gasteiger partial charge on any atom is 0.224 e. The summed E-state index contributed by atoms with van der Waals surface area (Å²) < 4.78 is 30.3. The van der Waals surface area contributed by atoms with Gasteiger partial charge in [0.05, 0.1) is 11.7 Å². The maximum absolute atomic E-state index is 12.0. The summed E-state index contributed by atoms with van der Waals surface area (Å²) in [7, 11) is -3.19. The molecule has 1 fully saturated rings. The summed E-state index contributed by atoms with van der Waals surface area (Å²) in [4.78, 5) is 12.0. The Bertz CT molecular complexity index is 397. The molecule has 0 bridgehead atoms. The van der Waals surface area contributed by atoms with E-state index >= 15 is 0 Å². The molecule has 0 aromatic heterocycles. The lowest BCUT2D eigenvalue weighted by molar-refractivity contribution is -0.126. The Morgan fingerprint density at radius 1 is 1.40 bits per heavy atom. The molecule has 0 radical (unpaired) electrons. The first kappa shape index (κ1) is 17.4. The average Bonchev–Trinajstić information content (AvgIpc) is 2.47. The van der Waals surface area contributed by atoms with E-state index in [4.69, 9.17) is 4.74 Å². The summed E-state index contributed by atoms with van der Waals surface area (Å²) in [5.74, 6) is -0.176. The zero-order chi connectivity index (χ0) is 15.0. The van der Waals surface area contributed by atoms with Gasteiger partial charge in [-0.15, -0.1) is 0 Å². The number of amides is 1. The molecule has 1 atom stereocenters. The van der Waals surface area contributed by atoms with Gasteiger partial charge < -0.3 is 10.1 Å². The predicted molar refractivity (Wildman–Crippen MR) is 77.9 cm³/mol. The van der Waals surface area contributed by atoms with Crippen LogP contribution in [0.25, 0.3) is 0 Å². The molecule has 1 heterocycles. The molecule has 0 aromatic carbocycles. The van der Waals surface area contributed by atoms with E-state index in [0.717, 1.165) is 19.3 Å². The largest absolute Gasteiger partial charge is 0.382 e. The summed E-state index contributed by atoms with van der Waals surface area (Å²) in [6.45, 7) is 6.31. The molecule has 1 aliphatic rings. The summed E-state index contributed by atoms with van der Waals surface area (Å²) in [5.41, 5.74) is 0. The fraction of sp³-hybridized carbons (Fsp3) is 0.923. The molecular weight excluding hydrogens is 280 g/mol. The van der Waals surface area contributed by atoms with Gasteiger partial charge in [-0.1, -0.05) is 0 Å². The third kappa shape index (κ3) is 5.38. The molecule has 6 nitrogen and oxygen atoms in total. The number of hydrogen-bond donors (Lipinski definition) is 1. The van der Waals surface area contributed by atoms with E-state index in [9.17, 15) is 13.2 Å². The molecule has 0 unspecified atom stereocenters. The topological polar surface area (TPSA) is 75.7 Å². The molecule has 0 spiro atoms. The molecule has 1 aliphatic heterocycles. The minimum Gasteiger partial charge on any atom is -0.382 e. The summed E-state index contributed by atoms with van der Waals surface area (Å²) in [6, 6.07) is 0. The standard InChI is InChI=1S/C13H26N2O4S/c1-3-19-10-6-8-14-13(16)12-7-5-9-15(11-12)20(17,18)4-2/h12H,3-11H2,1-2H3,(H,14,16)/t12-/m1/s1. The lowest BCUT2D eigenvalue weighted by Crippen LogP contribution is -2.46. The van der Waals surface area contributed by atoms with Crippen molar-refractivity contribution in [2.75, 3.05) is 38.6 Å².